The van der Waals surface area contributed by atoms with Gasteiger partial charge in [0.1, 0.15) is 11.8 Å². The zero-order chi connectivity index (χ0) is 14.8. The molecule has 6 heteroatoms. The SMILES string of the molecule is c1ccc(NC[C@H]2CCCN2c2ncnc3nc[nH]c23)cc1. The van der Waals surface area contributed by atoms with Gasteiger partial charge in [-0.3, -0.25) is 0 Å². The molecule has 0 unspecified atom stereocenters. The predicted octanol–water partition coefficient (Wildman–Crippen LogP) is 2.43. The lowest BCUT2D eigenvalue weighted by Crippen LogP contribution is -2.35. The average Bonchev–Trinajstić information content (AvgIpc) is 3.22. The molecule has 112 valence electrons. The number of para-hydroxylation sites is 1. The summed E-state index contributed by atoms with van der Waals surface area (Å²) in [6.07, 6.45) is 5.62. The van der Waals surface area contributed by atoms with Crippen LogP contribution in [0.3, 0.4) is 0 Å². The maximum atomic E-state index is 4.48. The molecule has 0 radical (unpaired) electrons. The van der Waals surface area contributed by atoms with Crippen molar-refractivity contribution in [1.29, 1.82) is 0 Å². The fourth-order valence-electron chi connectivity index (χ4n) is 3.09. The molecule has 0 aliphatic carbocycles. The molecule has 3 aromatic rings. The van der Waals surface area contributed by atoms with Gasteiger partial charge in [0.05, 0.1) is 6.33 Å². The van der Waals surface area contributed by atoms with Crippen molar-refractivity contribution < 1.29 is 0 Å². The normalized spacial score (nSPS) is 18.0. The van der Waals surface area contributed by atoms with E-state index in [4.69, 9.17) is 0 Å². The lowest BCUT2D eigenvalue weighted by atomic mass is 10.2. The highest BCUT2D eigenvalue weighted by molar-refractivity contribution is 5.83. The zero-order valence-electron chi connectivity index (χ0n) is 12.2. The van der Waals surface area contributed by atoms with Crippen molar-refractivity contribution in [2.45, 2.75) is 18.9 Å². The van der Waals surface area contributed by atoms with Crippen molar-refractivity contribution in [3.8, 4) is 0 Å². The van der Waals surface area contributed by atoms with Gasteiger partial charge >= 0.3 is 0 Å². The van der Waals surface area contributed by atoms with Crippen molar-refractivity contribution in [2.75, 3.05) is 23.3 Å². The molecule has 1 aliphatic rings. The van der Waals surface area contributed by atoms with Gasteiger partial charge in [0, 0.05) is 24.8 Å². The average molecular weight is 294 g/mol. The van der Waals surface area contributed by atoms with Crippen LogP contribution in [-0.2, 0) is 0 Å². The summed E-state index contributed by atoms with van der Waals surface area (Å²) in [4.78, 5) is 18.4. The van der Waals surface area contributed by atoms with Crippen molar-refractivity contribution in [3.63, 3.8) is 0 Å². The van der Waals surface area contributed by atoms with Crippen LogP contribution in [-0.4, -0.2) is 39.1 Å². The number of hydrogen-bond donors (Lipinski definition) is 2. The maximum absolute atomic E-state index is 4.48. The van der Waals surface area contributed by atoms with Gasteiger partial charge < -0.3 is 15.2 Å². The third-order valence-corrected chi connectivity index (χ3v) is 4.17. The molecule has 22 heavy (non-hydrogen) atoms. The van der Waals surface area contributed by atoms with E-state index in [9.17, 15) is 0 Å². The second kappa shape index (κ2) is 5.63. The summed E-state index contributed by atoms with van der Waals surface area (Å²) < 4.78 is 0. The zero-order valence-corrected chi connectivity index (χ0v) is 12.2. The number of aromatic nitrogens is 4. The van der Waals surface area contributed by atoms with Crippen LogP contribution in [0.15, 0.2) is 43.0 Å². The van der Waals surface area contributed by atoms with E-state index >= 15 is 0 Å². The second-order valence-corrected chi connectivity index (χ2v) is 5.53. The summed E-state index contributed by atoms with van der Waals surface area (Å²) in [7, 11) is 0. The molecule has 0 spiro atoms. The smallest absolute Gasteiger partial charge is 0.182 e. The van der Waals surface area contributed by atoms with Gasteiger partial charge in [-0.15, -0.1) is 0 Å². The number of benzene rings is 1. The van der Waals surface area contributed by atoms with E-state index in [2.05, 4.69) is 42.3 Å². The first-order valence-corrected chi connectivity index (χ1v) is 7.61. The van der Waals surface area contributed by atoms with Crippen LogP contribution in [0.25, 0.3) is 11.2 Å². The minimum atomic E-state index is 0.432. The third kappa shape index (κ3) is 2.36. The van der Waals surface area contributed by atoms with E-state index in [0.717, 1.165) is 35.8 Å². The number of nitrogens with one attached hydrogen (secondary N) is 2. The Morgan fingerprint density at radius 2 is 2.09 bits per heavy atom. The highest BCUT2D eigenvalue weighted by Gasteiger charge is 2.27. The highest BCUT2D eigenvalue weighted by atomic mass is 15.3. The van der Waals surface area contributed by atoms with Crippen molar-refractivity contribution in [2.24, 2.45) is 0 Å². The Bertz CT molecular complexity index is 753. The first kappa shape index (κ1) is 13.1. The molecule has 1 aromatic carbocycles. The Labute approximate surface area is 128 Å². The van der Waals surface area contributed by atoms with E-state index < -0.39 is 0 Å². The van der Waals surface area contributed by atoms with Gasteiger partial charge in [0.2, 0.25) is 0 Å². The largest absolute Gasteiger partial charge is 0.383 e. The van der Waals surface area contributed by atoms with Gasteiger partial charge in [-0.05, 0) is 25.0 Å². The van der Waals surface area contributed by atoms with Crippen molar-refractivity contribution in [3.05, 3.63) is 43.0 Å². The number of anilines is 2. The van der Waals surface area contributed by atoms with Gasteiger partial charge in [0.15, 0.2) is 11.5 Å². The Morgan fingerprint density at radius 3 is 3.00 bits per heavy atom. The van der Waals surface area contributed by atoms with Crippen LogP contribution < -0.4 is 10.2 Å². The quantitative estimate of drug-likeness (QED) is 0.773. The van der Waals surface area contributed by atoms with E-state index in [-0.39, 0.29) is 0 Å². The van der Waals surface area contributed by atoms with Gasteiger partial charge in [-0.25, -0.2) is 15.0 Å². The minimum absolute atomic E-state index is 0.432. The lowest BCUT2D eigenvalue weighted by Gasteiger charge is -2.26. The fraction of sp³-hybridized carbons (Fsp3) is 0.312. The van der Waals surface area contributed by atoms with Gasteiger partial charge in [-0.2, -0.15) is 0 Å². The molecule has 0 saturated carbocycles. The Balaban J connectivity index is 1.55. The summed E-state index contributed by atoms with van der Waals surface area (Å²) in [5, 5.41) is 3.52. The number of fused-ring (bicyclic) bond motifs is 1. The van der Waals surface area contributed by atoms with Crippen LogP contribution >= 0.6 is 0 Å². The number of aromatic amines is 1. The van der Waals surface area contributed by atoms with E-state index in [1.807, 2.05) is 18.2 Å². The molecule has 1 fully saturated rings. The summed E-state index contributed by atoms with van der Waals surface area (Å²) in [5.74, 6) is 0.958. The number of nitrogens with zero attached hydrogens (tertiary/aromatic N) is 4. The molecule has 2 N–H and O–H groups in total. The second-order valence-electron chi connectivity index (χ2n) is 5.53. The summed E-state index contributed by atoms with van der Waals surface area (Å²) >= 11 is 0. The summed E-state index contributed by atoms with van der Waals surface area (Å²) in [6.45, 7) is 1.93. The van der Waals surface area contributed by atoms with Crippen LogP contribution in [0.2, 0.25) is 0 Å². The molecule has 1 aliphatic heterocycles. The van der Waals surface area contributed by atoms with Crippen LogP contribution in [0.4, 0.5) is 11.5 Å². The highest BCUT2D eigenvalue weighted by Crippen LogP contribution is 2.28. The molecular weight excluding hydrogens is 276 g/mol. The summed E-state index contributed by atoms with van der Waals surface area (Å²) in [5.41, 5.74) is 2.81. The third-order valence-electron chi connectivity index (χ3n) is 4.17. The monoisotopic (exact) mass is 294 g/mol. The van der Waals surface area contributed by atoms with Crippen LogP contribution in [0.1, 0.15) is 12.8 Å². The molecule has 0 bridgehead atoms. The fourth-order valence-corrected chi connectivity index (χ4v) is 3.09. The number of imidazole rings is 1. The summed E-state index contributed by atoms with van der Waals surface area (Å²) in [6, 6.07) is 10.7. The van der Waals surface area contributed by atoms with Crippen molar-refractivity contribution in [1.82, 2.24) is 19.9 Å². The van der Waals surface area contributed by atoms with Crippen LogP contribution in [0.5, 0.6) is 0 Å². The van der Waals surface area contributed by atoms with E-state index in [1.165, 1.54) is 12.8 Å². The molecule has 2 aromatic heterocycles. The van der Waals surface area contributed by atoms with Crippen molar-refractivity contribution >= 4 is 22.7 Å². The molecule has 1 saturated heterocycles. The predicted molar refractivity (Wildman–Crippen MR) is 87.0 cm³/mol. The molecule has 4 rings (SSSR count). The Morgan fingerprint density at radius 1 is 1.18 bits per heavy atom. The number of rotatable bonds is 4. The van der Waals surface area contributed by atoms with E-state index in [1.54, 1.807) is 12.7 Å². The molecular formula is C16H18N6. The first-order valence-electron chi connectivity index (χ1n) is 7.61. The molecule has 3 heterocycles. The van der Waals surface area contributed by atoms with Gasteiger partial charge in [0.25, 0.3) is 0 Å². The van der Waals surface area contributed by atoms with Gasteiger partial charge in [-0.1, -0.05) is 18.2 Å². The minimum Gasteiger partial charge on any atom is -0.383 e. The first-order chi connectivity index (χ1) is 10.9. The number of H-pyrrole nitrogens is 1. The molecule has 0 amide bonds. The topological polar surface area (TPSA) is 69.7 Å². The Kier molecular flexibility index (Phi) is 3.34. The number of hydrogen-bond acceptors (Lipinski definition) is 5. The Hall–Kier alpha value is -2.63. The molecule has 1 atom stereocenters. The van der Waals surface area contributed by atoms with E-state index in [0.29, 0.717) is 6.04 Å². The molecule has 6 nitrogen and oxygen atoms in total. The standard InChI is InChI=1S/C16H18N6/c1-2-5-12(6-3-1)17-9-13-7-4-8-22(13)16-14-15(19-10-18-14)20-11-21-16/h1-3,5-6,10-11,13,17H,4,7-9H2,(H,18,19,20,21)/t13-/m1/s1. The lowest BCUT2D eigenvalue weighted by molar-refractivity contribution is 0.692. The van der Waals surface area contributed by atoms with Crippen LogP contribution in [0, 0.1) is 0 Å². The maximum Gasteiger partial charge on any atom is 0.182 e.